The Bertz CT molecular complexity index is 1200. The van der Waals surface area contributed by atoms with Crippen molar-refractivity contribution in [2.45, 2.75) is 6.54 Å². The van der Waals surface area contributed by atoms with Crippen molar-refractivity contribution in [3.63, 3.8) is 0 Å². The molecule has 27 heavy (non-hydrogen) atoms. The summed E-state index contributed by atoms with van der Waals surface area (Å²) in [4.78, 5) is 27.7. The molecule has 3 heterocycles. The van der Waals surface area contributed by atoms with Crippen molar-refractivity contribution in [2.24, 2.45) is 0 Å². The zero-order valence-corrected chi connectivity index (χ0v) is 14.8. The van der Waals surface area contributed by atoms with E-state index in [2.05, 4.69) is 10.3 Å². The van der Waals surface area contributed by atoms with Crippen LogP contribution in [0, 0.1) is 0 Å². The number of rotatable bonds is 5. The van der Waals surface area contributed by atoms with Gasteiger partial charge in [0.25, 0.3) is 5.91 Å². The second kappa shape index (κ2) is 7.13. The molecule has 0 spiro atoms. The van der Waals surface area contributed by atoms with Gasteiger partial charge in [-0.25, -0.2) is 9.78 Å². The van der Waals surface area contributed by atoms with Crippen molar-refractivity contribution in [1.82, 2.24) is 14.7 Å². The van der Waals surface area contributed by atoms with E-state index in [-0.39, 0.29) is 19.1 Å². The molecule has 1 aromatic carbocycles. The molecule has 0 aliphatic carbocycles. The van der Waals surface area contributed by atoms with E-state index >= 15 is 0 Å². The first-order valence-corrected chi connectivity index (χ1v) is 8.51. The van der Waals surface area contributed by atoms with Gasteiger partial charge in [-0.1, -0.05) is 11.6 Å². The van der Waals surface area contributed by atoms with Crippen LogP contribution in [0.4, 0.5) is 0 Å². The van der Waals surface area contributed by atoms with Crippen LogP contribution in [0.5, 0.6) is 5.75 Å². The van der Waals surface area contributed by atoms with Gasteiger partial charge in [-0.3, -0.25) is 4.79 Å². The summed E-state index contributed by atoms with van der Waals surface area (Å²) in [6.45, 7) is 0.107. The number of nitrogens with one attached hydrogen (secondary N) is 1. The molecule has 0 fully saturated rings. The molecule has 0 aliphatic rings. The number of pyridine rings is 1. The van der Waals surface area contributed by atoms with E-state index in [9.17, 15) is 9.59 Å². The molecule has 0 atom stereocenters. The highest BCUT2D eigenvalue weighted by atomic mass is 35.5. The molecule has 1 N–H and O–H groups in total. The zero-order chi connectivity index (χ0) is 18.8. The first-order chi connectivity index (χ1) is 13.1. The van der Waals surface area contributed by atoms with Crippen molar-refractivity contribution < 1.29 is 13.9 Å². The first-order valence-electron chi connectivity index (χ1n) is 8.13. The van der Waals surface area contributed by atoms with Crippen molar-refractivity contribution >= 4 is 34.1 Å². The van der Waals surface area contributed by atoms with Crippen molar-refractivity contribution in [2.75, 3.05) is 6.61 Å². The average molecular weight is 384 g/mol. The Morgan fingerprint density at radius 1 is 1.19 bits per heavy atom. The lowest BCUT2D eigenvalue weighted by molar-refractivity contribution is -0.123. The Hall–Kier alpha value is -3.32. The minimum atomic E-state index is -0.439. The summed E-state index contributed by atoms with van der Waals surface area (Å²) in [6, 6.07) is 11.6. The van der Waals surface area contributed by atoms with E-state index < -0.39 is 5.63 Å². The summed E-state index contributed by atoms with van der Waals surface area (Å²) in [5, 5.41) is 4.13. The standard InChI is InChI=1S/C19H14ClN3O4/c20-13-3-5-17-22-14(10-23(17)9-13)8-21-18(24)11-26-15-4-1-12-2-6-19(25)27-16(12)7-15/h1-7,9-10H,8,11H2,(H,21,24). The fourth-order valence-electron chi connectivity index (χ4n) is 2.62. The Morgan fingerprint density at radius 3 is 2.93 bits per heavy atom. The molecule has 0 bridgehead atoms. The van der Waals surface area contributed by atoms with Gasteiger partial charge in [0.05, 0.1) is 17.3 Å². The van der Waals surface area contributed by atoms with Crippen molar-refractivity contribution in [3.05, 3.63) is 76.0 Å². The lowest BCUT2D eigenvalue weighted by Crippen LogP contribution is -2.28. The number of nitrogens with zero attached hydrogens (tertiary/aromatic N) is 2. The Labute approximate surface area is 158 Å². The average Bonchev–Trinajstić information content (AvgIpc) is 3.06. The third kappa shape index (κ3) is 3.93. The van der Waals surface area contributed by atoms with Crippen LogP contribution in [0.15, 0.2) is 64.1 Å². The highest BCUT2D eigenvalue weighted by molar-refractivity contribution is 6.30. The number of fused-ring (bicyclic) bond motifs is 2. The summed E-state index contributed by atoms with van der Waals surface area (Å²) in [5.74, 6) is 0.147. The second-order valence-electron chi connectivity index (χ2n) is 5.86. The molecule has 7 nitrogen and oxygen atoms in total. The highest BCUT2D eigenvalue weighted by Gasteiger charge is 2.07. The Kier molecular flexibility index (Phi) is 4.52. The topological polar surface area (TPSA) is 85.8 Å². The third-order valence-corrected chi connectivity index (χ3v) is 4.12. The summed E-state index contributed by atoms with van der Waals surface area (Å²) < 4.78 is 12.4. The number of hydrogen-bond donors (Lipinski definition) is 1. The van der Waals surface area contributed by atoms with Gasteiger partial charge >= 0.3 is 5.63 Å². The summed E-state index contributed by atoms with van der Waals surface area (Å²) in [6.07, 6.45) is 3.55. The fourth-order valence-corrected chi connectivity index (χ4v) is 2.79. The number of ether oxygens (including phenoxy) is 1. The van der Waals surface area contributed by atoms with Crippen LogP contribution in [0.1, 0.15) is 5.69 Å². The Balaban J connectivity index is 1.35. The summed E-state index contributed by atoms with van der Waals surface area (Å²) in [7, 11) is 0. The molecule has 4 aromatic rings. The van der Waals surface area contributed by atoms with Gasteiger partial charge in [0.15, 0.2) is 6.61 Å². The van der Waals surface area contributed by atoms with Gasteiger partial charge in [0.1, 0.15) is 17.0 Å². The molecule has 0 radical (unpaired) electrons. The quantitative estimate of drug-likeness (QED) is 0.535. The van der Waals surface area contributed by atoms with Gasteiger partial charge in [-0.15, -0.1) is 0 Å². The SMILES string of the molecule is O=C(COc1ccc2ccc(=O)oc2c1)NCc1cn2cc(Cl)ccc2n1. The zero-order valence-electron chi connectivity index (χ0n) is 14.0. The molecule has 8 heteroatoms. The maximum atomic E-state index is 12.0. The predicted octanol–water partition coefficient (Wildman–Crippen LogP) is 2.79. The van der Waals surface area contributed by atoms with Crippen LogP contribution in [0.2, 0.25) is 5.02 Å². The maximum absolute atomic E-state index is 12.0. The molecular weight excluding hydrogens is 370 g/mol. The van der Waals surface area contributed by atoms with Gasteiger partial charge < -0.3 is 18.9 Å². The van der Waals surface area contributed by atoms with E-state index in [0.29, 0.717) is 22.0 Å². The van der Waals surface area contributed by atoms with E-state index in [1.165, 1.54) is 6.07 Å². The molecular formula is C19H14ClN3O4. The molecule has 0 unspecified atom stereocenters. The summed E-state index contributed by atoms with van der Waals surface area (Å²) >= 11 is 5.94. The van der Waals surface area contributed by atoms with Crippen LogP contribution >= 0.6 is 11.6 Å². The van der Waals surface area contributed by atoms with E-state index in [1.54, 1.807) is 53.2 Å². The minimum absolute atomic E-state index is 0.165. The van der Waals surface area contributed by atoms with Gasteiger partial charge in [0.2, 0.25) is 0 Å². The third-order valence-electron chi connectivity index (χ3n) is 3.90. The number of amides is 1. The maximum Gasteiger partial charge on any atom is 0.336 e. The lowest BCUT2D eigenvalue weighted by Gasteiger charge is -2.07. The Morgan fingerprint density at radius 2 is 2.04 bits per heavy atom. The van der Waals surface area contributed by atoms with Gasteiger partial charge in [-0.2, -0.15) is 0 Å². The number of aromatic nitrogens is 2. The van der Waals surface area contributed by atoms with Gasteiger partial charge in [0, 0.05) is 29.9 Å². The van der Waals surface area contributed by atoms with E-state index in [0.717, 1.165) is 11.0 Å². The van der Waals surface area contributed by atoms with Crippen molar-refractivity contribution in [1.29, 1.82) is 0 Å². The second-order valence-corrected chi connectivity index (χ2v) is 6.30. The van der Waals surface area contributed by atoms with Crippen LogP contribution in [0.3, 0.4) is 0 Å². The number of benzene rings is 1. The van der Waals surface area contributed by atoms with Crippen LogP contribution in [0.25, 0.3) is 16.6 Å². The van der Waals surface area contributed by atoms with Crippen LogP contribution in [-0.4, -0.2) is 21.9 Å². The predicted molar refractivity (Wildman–Crippen MR) is 100 cm³/mol. The largest absolute Gasteiger partial charge is 0.484 e. The monoisotopic (exact) mass is 383 g/mol. The molecule has 0 saturated heterocycles. The molecule has 1 amide bonds. The van der Waals surface area contributed by atoms with E-state index in [1.807, 2.05) is 0 Å². The van der Waals surface area contributed by atoms with Crippen LogP contribution < -0.4 is 15.7 Å². The lowest BCUT2D eigenvalue weighted by atomic mass is 10.2. The van der Waals surface area contributed by atoms with Crippen molar-refractivity contribution in [3.8, 4) is 5.75 Å². The normalized spacial score (nSPS) is 11.0. The highest BCUT2D eigenvalue weighted by Crippen LogP contribution is 2.19. The number of halogens is 1. The minimum Gasteiger partial charge on any atom is -0.484 e. The number of hydrogen-bond acceptors (Lipinski definition) is 5. The first kappa shape index (κ1) is 17.1. The molecule has 0 saturated carbocycles. The fraction of sp³-hybridized carbons (Fsp3) is 0.105. The number of imidazole rings is 1. The molecule has 3 aromatic heterocycles. The van der Waals surface area contributed by atoms with E-state index in [4.69, 9.17) is 20.8 Å². The van der Waals surface area contributed by atoms with Crippen LogP contribution in [-0.2, 0) is 11.3 Å². The molecule has 136 valence electrons. The molecule has 0 aliphatic heterocycles. The molecule has 4 rings (SSSR count). The van der Waals surface area contributed by atoms with Gasteiger partial charge in [-0.05, 0) is 30.3 Å². The smallest absolute Gasteiger partial charge is 0.336 e. The number of carbonyl (C=O) groups excluding carboxylic acids is 1. The number of carbonyl (C=O) groups is 1. The summed E-state index contributed by atoms with van der Waals surface area (Å²) in [5.41, 5.74) is 1.42.